The van der Waals surface area contributed by atoms with Crippen LogP contribution in [0.15, 0.2) is 11.6 Å². The molecule has 1 unspecified atom stereocenters. The van der Waals surface area contributed by atoms with Gasteiger partial charge in [-0.15, -0.1) is 0 Å². The van der Waals surface area contributed by atoms with Crippen molar-refractivity contribution in [2.24, 2.45) is 5.92 Å². The summed E-state index contributed by atoms with van der Waals surface area (Å²) in [6, 6.07) is 0. The van der Waals surface area contributed by atoms with Crippen LogP contribution in [-0.2, 0) is 9.59 Å². The summed E-state index contributed by atoms with van der Waals surface area (Å²) in [5, 5.41) is 0. The second kappa shape index (κ2) is 1.90. The molecule has 0 aliphatic heterocycles. The Morgan fingerprint density at radius 3 is 2.62 bits per heavy atom. The SMILES string of the molecule is O=CC1=CC(C=O)C1. The maximum absolute atomic E-state index is 9.89. The van der Waals surface area contributed by atoms with Crippen LogP contribution in [-0.4, -0.2) is 12.6 Å². The van der Waals surface area contributed by atoms with Gasteiger partial charge in [0.05, 0.1) is 0 Å². The summed E-state index contributed by atoms with van der Waals surface area (Å²) < 4.78 is 0. The number of aldehydes is 2. The molecule has 0 saturated carbocycles. The van der Waals surface area contributed by atoms with Crippen LogP contribution in [0.3, 0.4) is 0 Å². The molecule has 2 nitrogen and oxygen atoms in total. The minimum Gasteiger partial charge on any atom is -0.303 e. The number of hydrogen-bond donors (Lipinski definition) is 0. The number of rotatable bonds is 2. The van der Waals surface area contributed by atoms with Gasteiger partial charge in [-0.2, -0.15) is 0 Å². The molecule has 0 N–H and O–H groups in total. The van der Waals surface area contributed by atoms with Crippen molar-refractivity contribution < 1.29 is 9.59 Å². The van der Waals surface area contributed by atoms with Crippen molar-refractivity contribution >= 4 is 12.6 Å². The Morgan fingerprint density at radius 1 is 1.62 bits per heavy atom. The van der Waals surface area contributed by atoms with E-state index >= 15 is 0 Å². The first-order valence-corrected chi connectivity index (χ1v) is 2.48. The highest BCUT2D eigenvalue weighted by atomic mass is 16.1. The Hall–Kier alpha value is -0.920. The summed E-state index contributed by atoms with van der Waals surface area (Å²) in [6.07, 6.45) is 3.97. The summed E-state index contributed by atoms with van der Waals surface area (Å²) in [4.78, 5) is 19.8. The minimum atomic E-state index is 0.0233. The molecular formula is C6H6O2. The highest BCUT2D eigenvalue weighted by Gasteiger charge is 2.16. The molecule has 0 aromatic heterocycles. The van der Waals surface area contributed by atoms with E-state index in [1.54, 1.807) is 6.08 Å². The molecule has 0 aromatic rings. The molecule has 1 aliphatic rings. The van der Waals surface area contributed by atoms with Gasteiger partial charge in [0.25, 0.3) is 0 Å². The van der Waals surface area contributed by atoms with Crippen molar-refractivity contribution in [3.8, 4) is 0 Å². The standard InChI is InChI=1S/C6H6O2/c7-3-5-1-6(2-5)4-8/h1,3-5H,2H2. The smallest absolute Gasteiger partial charge is 0.145 e. The molecular weight excluding hydrogens is 104 g/mol. The Balaban J connectivity index is 2.48. The van der Waals surface area contributed by atoms with E-state index in [4.69, 9.17) is 0 Å². The molecule has 0 fully saturated rings. The Kier molecular flexibility index (Phi) is 1.24. The van der Waals surface area contributed by atoms with E-state index in [1.807, 2.05) is 0 Å². The summed E-state index contributed by atoms with van der Waals surface area (Å²) in [6.45, 7) is 0. The zero-order valence-electron chi connectivity index (χ0n) is 4.33. The van der Waals surface area contributed by atoms with Gasteiger partial charge in [-0.05, 0) is 12.0 Å². The van der Waals surface area contributed by atoms with Crippen molar-refractivity contribution in [3.63, 3.8) is 0 Å². The molecule has 1 rings (SSSR count). The first-order valence-electron chi connectivity index (χ1n) is 2.48. The van der Waals surface area contributed by atoms with Gasteiger partial charge in [-0.25, -0.2) is 0 Å². The van der Waals surface area contributed by atoms with Gasteiger partial charge in [-0.3, -0.25) is 4.79 Å². The van der Waals surface area contributed by atoms with Gasteiger partial charge in [-0.1, -0.05) is 6.08 Å². The molecule has 0 radical (unpaired) electrons. The summed E-state index contributed by atoms with van der Waals surface area (Å²) in [5.41, 5.74) is 0.752. The second-order valence-electron chi connectivity index (χ2n) is 1.86. The molecule has 2 heteroatoms. The van der Waals surface area contributed by atoms with Crippen LogP contribution in [0.5, 0.6) is 0 Å². The predicted molar refractivity (Wildman–Crippen MR) is 28.3 cm³/mol. The predicted octanol–water partition coefficient (Wildman–Crippen LogP) is 0.330. The normalized spacial score (nSPS) is 25.5. The lowest BCUT2D eigenvalue weighted by molar-refractivity contribution is -0.110. The van der Waals surface area contributed by atoms with Gasteiger partial charge < -0.3 is 4.79 Å². The first kappa shape index (κ1) is 5.22. The molecule has 42 valence electrons. The monoisotopic (exact) mass is 110 g/mol. The van der Waals surface area contributed by atoms with E-state index in [2.05, 4.69) is 0 Å². The van der Waals surface area contributed by atoms with Crippen LogP contribution in [0.1, 0.15) is 6.42 Å². The maximum atomic E-state index is 9.89. The average molecular weight is 110 g/mol. The molecule has 0 heterocycles. The fraction of sp³-hybridized carbons (Fsp3) is 0.333. The summed E-state index contributed by atoms with van der Waals surface area (Å²) in [5.74, 6) is 0.0233. The lowest BCUT2D eigenvalue weighted by Crippen LogP contribution is -2.11. The lowest BCUT2D eigenvalue weighted by Gasteiger charge is -2.14. The van der Waals surface area contributed by atoms with Crippen LogP contribution in [0.25, 0.3) is 0 Å². The van der Waals surface area contributed by atoms with Crippen molar-refractivity contribution in [2.75, 3.05) is 0 Å². The summed E-state index contributed by atoms with van der Waals surface area (Å²) >= 11 is 0. The topological polar surface area (TPSA) is 34.1 Å². The molecule has 0 saturated heterocycles. The molecule has 1 aliphatic carbocycles. The van der Waals surface area contributed by atoms with Crippen LogP contribution >= 0.6 is 0 Å². The lowest BCUT2D eigenvalue weighted by atomic mass is 9.89. The number of carbonyl (C=O) groups is 2. The van der Waals surface area contributed by atoms with Crippen LogP contribution < -0.4 is 0 Å². The maximum Gasteiger partial charge on any atom is 0.145 e. The molecule has 0 aromatic carbocycles. The highest BCUT2D eigenvalue weighted by Crippen LogP contribution is 2.21. The Morgan fingerprint density at radius 2 is 2.25 bits per heavy atom. The quantitative estimate of drug-likeness (QED) is 0.480. The van der Waals surface area contributed by atoms with E-state index in [1.165, 1.54) is 0 Å². The van der Waals surface area contributed by atoms with Gasteiger partial charge in [0.1, 0.15) is 12.6 Å². The second-order valence-corrected chi connectivity index (χ2v) is 1.86. The van der Waals surface area contributed by atoms with E-state index < -0.39 is 0 Å². The van der Waals surface area contributed by atoms with Crippen LogP contribution in [0.4, 0.5) is 0 Å². The fourth-order valence-electron chi connectivity index (χ4n) is 0.688. The van der Waals surface area contributed by atoms with Crippen LogP contribution in [0.2, 0.25) is 0 Å². The van der Waals surface area contributed by atoms with Gasteiger partial charge in [0.15, 0.2) is 0 Å². The average Bonchev–Trinajstić information content (AvgIpc) is 1.65. The Bertz CT molecular complexity index is 147. The third-order valence-corrected chi connectivity index (χ3v) is 1.23. The molecule has 1 atom stereocenters. The van der Waals surface area contributed by atoms with Gasteiger partial charge >= 0.3 is 0 Å². The highest BCUT2D eigenvalue weighted by molar-refractivity contribution is 5.79. The number of carbonyl (C=O) groups excluding carboxylic acids is 2. The van der Waals surface area contributed by atoms with Crippen LogP contribution in [0, 0.1) is 5.92 Å². The molecule has 0 amide bonds. The Labute approximate surface area is 47.2 Å². The van der Waals surface area contributed by atoms with Gasteiger partial charge in [0.2, 0.25) is 0 Å². The van der Waals surface area contributed by atoms with Crippen molar-refractivity contribution in [1.29, 1.82) is 0 Å². The largest absolute Gasteiger partial charge is 0.303 e. The summed E-state index contributed by atoms with van der Waals surface area (Å²) in [7, 11) is 0. The zero-order valence-corrected chi connectivity index (χ0v) is 4.33. The van der Waals surface area contributed by atoms with E-state index in [0.717, 1.165) is 18.1 Å². The number of allylic oxidation sites excluding steroid dienone is 2. The molecule has 0 bridgehead atoms. The van der Waals surface area contributed by atoms with E-state index in [9.17, 15) is 9.59 Å². The zero-order chi connectivity index (χ0) is 5.98. The molecule has 0 spiro atoms. The molecule has 8 heavy (non-hydrogen) atoms. The fourth-order valence-corrected chi connectivity index (χ4v) is 0.688. The van der Waals surface area contributed by atoms with Crippen molar-refractivity contribution in [3.05, 3.63) is 11.6 Å². The van der Waals surface area contributed by atoms with Crippen molar-refractivity contribution in [2.45, 2.75) is 6.42 Å². The first-order chi connectivity index (χ1) is 3.86. The minimum absolute atomic E-state index is 0.0233. The third-order valence-electron chi connectivity index (χ3n) is 1.23. The van der Waals surface area contributed by atoms with E-state index in [-0.39, 0.29) is 5.92 Å². The van der Waals surface area contributed by atoms with E-state index in [0.29, 0.717) is 6.42 Å². The van der Waals surface area contributed by atoms with Crippen molar-refractivity contribution in [1.82, 2.24) is 0 Å². The number of hydrogen-bond acceptors (Lipinski definition) is 2. The van der Waals surface area contributed by atoms with Gasteiger partial charge in [0, 0.05) is 5.92 Å². The third kappa shape index (κ3) is 0.689.